The average molecular weight is 461 g/mol. The van der Waals surface area contributed by atoms with E-state index in [4.69, 9.17) is 9.47 Å². The molecule has 7 heteroatoms. The van der Waals surface area contributed by atoms with Gasteiger partial charge in [0.15, 0.2) is 11.5 Å². The fourth-order valence-electron chi connectivity index (χ4n) is 2.41. The number of amides is 2. The van der Waals surface area contributed by atoms with Crippen LogP contribution < -0.4 is 20.1 Å². The molecule has 0 aromatic heterocycles. The first-order chi connectivity index (χ1) is 14.0. The number of ether oxygens (including phenoxy) is 2. The third-order valence-corrected chi connectivity index (χ3v) is 4.38. The van der Waals surface area contributed by atoms with Gasteiger partial charge in [0.1, 0.15) is 0 Å². The van der Waals surface area contributed by atoms with Gasteiger partial charge in [-0.25, -0.2) is 0 Å². The number of anilines is 1. The second-order valence-electron chi connectivity index (χ2n) is 6.19. The molecule has 0 spiro atoms. The smallest absolute Gasteiger partial charge is 0.244 e. The molecule has 2 aromatic rings. The molecule has 0 aliphatic rings. The second-order valence-corrected chi connectivity index (χ2v) is 7.10. The molecular weight excluding hydrogens is 436 g/mol. The zero-order valence-electron chi connectivity index (χ0n) is 16.5. The van der Waals surface area contributed by atoms with E-state index >= 15 is 0 Å². The van der Waals surface area contributed by atoms with Crippen LogP contribution in [0.2, 0.25) is 0 Å². The first kappa shape index (κ1) is 22.5. The largest absolute Gasteiger partial charge is 0.493 e. The number of methoxy groups -OCH3 is 1. The molecule has 29 heavy (non-hydrogen) atoms. The molecule has 0 saturated carbocycles. The Labute approximate surface area is 179 Å². The summed E-state index contributed by atoms with van der Waals surface area (Å²) in [6.45, 7) is 2.90. The van der Waals surface area contributed by atoms with Gasteiger partial charge in [0.25, 0.3) is 0 Å². The summed E-state index contributed by atoms with van der Waals surface area (Å²) in [4.78, 5) is 23.9. The third-order valence-electron chi connectivity index (χ3n) is 3.86. The minimum Gasteiger partial charge on any atom is -0.493 e. The molecule has 2 rings (SSSR count). The highest BCUT2D eigenvalue weighted by Crippen LogP contribution is 2.28. The summed E-state index contributed by atoms with van der Waals surface area (Å²) in [7, 11) is 1.58. The van der Waals surface area contributed by atoms with Gasteiger partial charge in [0, 0.05) is 29.2 Å². The topological polar surface area (TPSA) is 76.7 Å². The third kappa shape index (κ3) is 7.99. The molecular formula is C22H25BrN2O4. The van der Waals surface area contributed by atoms with Crippen LogP contribution in [-0.2, 0) is 9.59 Å². The highest BCUT2D eigenvalue weighted by atomic mass is 79.9. The van der Waals surface area contributed by atoms with E-state index in [2.05, 4.69) is 26.6 Å². The van der Waals surface area contributed by atoms with Crippen molar-refractivity contribution in [3.63, 3.8) is 0 Å². The van der Waals surface area contributed by atoms with Crippen LogP contribution >= 0.6 is 15.9 Å². The van der Waals surface area contributed by atoms with E-state index < -0.39 is 0 Å². The fourth-order valence-corrected chi connectivity index (χ4v) is 2.67. The van der Waals surface area contributed by atoms with Crippen LogP contribution in [0.3, 0.4) is 0 Å². The summed E-state index contributed by atoms with van der Waals surface area (Å²) in [5.41, 5.74) is 1.53. The number of carbonyl (C=O) groups is 2. The predicted molar refractivity (Wildman–Crippen MR) is 118 cm³/mol. The van der Waals surface area contributed by atoms with Crippen molar-refractivity contribution in [3.05, 3.63) is 58.6 Å². The predicted octanol–water partition coefficient (Wildman–Crippen LogP) is 4.40. The first-order valence-electron chi connectivity index (χ1n) is 9.34. The molecule has 0 unspecified atom stereocenters. The van der Waals surface area contributed by atoms with Gasteiger partial charge in [-0.05, 0) is 54.5 Å². The van der Waals surface area contributed by atoms with Gasteiger partial charge >= 0.3 is 0 Å². The van der Waals surface area contributed by atoms with Crippen LogP contribution in [0.5, 0.6) is 11.5 Å². The zero-order valence-corrected chi connectivity index (χ0v) is 18.1. The summed E-state index contributed by atoms with van der Waals surface area (Å²) >= 11 is 3.34. The van der Waals surface area contributed by atoms with Crippen molar-refractivity contribution in [2.75, 3.05) is 25.6 Å². The SMILES string of the molecule is CCCOc1ccc(/C=C/C(=O)NCCC(=O)Nc2ccc(Br)cc2)cc1OC. The lowest BCUT2D eigenvalue weighted by atomic mass is 10.2. The molecule has 0 bridgehead atoms. The van der Waals surface area contributed by atoms with Crippen LogP contribution in [0.4, 0.5) is 5.69 Å². The summed E-state index contributed by atoms with van der Waals surface area (Å²) in [6, 6.07) is 12.8. The molecule has 0 aliphatic carbocycles. The van der Waals surface area contributed by atoms with E-state index in [1.165, 1.54) is 6.08 Å². The average Bonchev–Trinajstić information content (AvgIpc) is 2.72. The second kappa shape index (κ2) is 11.9. The molecule has 0 saturated heterocycles. The van der Waals surface area contributed by atoms with Crippen molar-refractivity contribution in [2.45, 2.75) is 19.8 Å². The quantitative estimate of drug-likeness (QED) is 0.515. The van der Waals surface area contributed by atoms with Crippen LogP contribution in [-0.4, -0.2) is 32.1 Å². The Morgan fingerprint density at radius 1 is 1.10 bits per heavy atom. The van der Waals surface area contributed by atoms with Crippen molar-refractivity contribution >= 4 is 39.5 Å². The number of nitrogens with one attached hydrogen (secondary N) is 2. The number of benzene rings is 2. The Balaban J connectivity index is 1.78. The van der Waals surface area contributed by atoms with E-state index in [1.54, 1.807) is 31.4 Å². The summed E-state index contributed by atoms with van der Waals surface area (Å²) in [6.07, 6.45) is 4.20. The van der Waals surface area contributed by atoms with E-state index in [1.807, 2.05) is 31.2 Å². The van der Waals surface area contributed by atoms with Crippen LogP contribution in [0, 0.1) is 0 Å². The number of hydrogen-bond donors (Lipinski definition) is 2. The van der Waals surface area contributed by atoms with E-state index in [0.29, 0.717) is 23.8 Å². The number of rotatable bonds is 10. The maximum atomic E-state index is 12.0. The van der Waals surface area contributed by atoms with Gasteiger partial charge in [-0.3, -0.25) is 9.59 Å². The Hall–Kier alpha value is -2.80. The molecule has 0 radical (unpaired) electrons. The molecule has 0 heterocycles. The monoisotopic (exact) mass is 460 g/mol. The number of carbonyl (C=O) groups excluding carboxylic acids is 2. The molecule has 6 nitrogen and oxygen atoms in total. The Morgan fingerprint density at radius 2 is 1.86 bits per heavy atom. The minimum absolute atomic E-state index is 0.163. The highest BCUT2D eigenvalue weighted by Gasteiger charge is 2.06. The lowest BCUT2D eigenvalue weighted by molar-refractivity contribution is -0.117. The summed E-state index contributed by atoms with van der Waals surface area (Å²) < 4.78 is 11.9. The van der Waals surface area contributed by atoms with Gasteiger partial charge in [-0.2, -0.15) is 0 Å². The fraction of sp³-hybridized carbons (Fsp3) is 0.273. The lowest BCUT2D eigenvalue weighted by Gasteiger charge is -2.10. The minimum atomic E-state index is -0.272. The molecule has 2 N–H and O–H groups in total. The van der Waals surface area contributed by atoms with Crippen molar-refractivity contribution in [1.29, 1.82) is 0 Å². The lowest BCUT2D eigenvalue weighted by Crippen LogP contribution is -2.26. The van der Waals surface area contributed by atoms with Crippen molar-refractivity contribution in [2.24, 2.45) is 0 Å². The van der Waals surface area contributed by atoms with Gasteiger partial charge in [0.2, 0.25) is 11.8 Å². The van der Waals surface area contributed by atoms with E-state index in [9.17, 15) is 9.59 Å². The van der Waals surface area contributed by atoms with Gasteiger partial charge < -0.3 is 20.1 Å². The van der Waals surface area contributed by atoms with Crippen molar-refractivity contribution in [1.82, 2.24) is 5.32 Å². The number of halogens is 1. The maximum absolute atomic E-state index is 12.0. The Bertz CT molecular complexity index is 850. The van der Waals surface area contributed by atoms with Crippen LogP contribution in [0.1, 0.15) is 25.3 Å². The number of hydrogen-bond acceptors (Lipinski definition) is 4. The van der Waals surface area contributed by atoms with Gasteiger partial charge in [0.05, 0.1) is 13.7 Å². The molecule has 154 valence electrons. The standard InChI is InChI=1S/C22H25BrN2O4/c1-3-14-29-19-10-4-16(15-20(19)28-2)5-11-21(26)24-13-12-22(27)25-18-8-6-17(23)7-9-18/h4-11,15H,3,12-14H2,1-2H3,(H,24,26)(H,25,27)/b11-5+. The van der Waals surface area contributed by atoms with Crippen molar-refractivity contribution in [3.8, 4) is 11.5 Å². The first-order valence-corrected chi connectivity index (χ1v) is 10.1. The summed E-state index contributed by atoms with van der Waals surface area (Å²) in [5, 5.41) is 5.47. The molecule has 2 amide bonds. The molecule has 0 aliphatic heterocycles. The Kier molecular flexibility index (Phi) is 9.24. The zero-order chi connectivity index (χ0) is 21.1. The highest BCUT2D eigenvalue weighted by molar-refractivity contribution is 9.10. The normalized spacial score (nSPS) is 10.6. The molecule has 0 fully saturated rings. The van der Waals surface area contributed by atoms with Crippen LogP contribution in [0.15, 0.2) is 53.0 Å². The molecule has 0 atom stereocenters. The van der Waals surface area contributed by atoms with Crippen LogP contribution in [0.25, 0.3) is 6.08 Å². The van der Waals surface area contributed by atoms with E-state index in [0.717, 1.165) is 16.5 Å². The summed E-state index contributed by atoms with van der Waals surface area (Å²) in [5.74, 6) is 0.856. The Morgan fingerprint density at radius 3 is 2.55 bits per heavy atom. The van der Waals surface area contributed by atoms with E-state index in [-0.39, 0.29) is 24.8 Å². The molecule has 2 aromatic carbocycles. The van der Waals surface area contributed by atoms with Gasteiger partial charge in [-0.15, -0.1) is 0 Å². The van der Waals surface area contributed by atoms with Crippen molar-refractivity contribution < 1.29 is 19.1 Å². The van der Waals surface area contributed by atoms with Gasteiger partial charge in [-0.1, -0.05) is 28.9 Å². The maximum Gasteiger partial charge on any atom is 0.244 e.